The molecule has 1 aliphatic rings. The van der Waals surface area contributed by atoms with Gasteiger partial charge in [-0.1, -0.05) is 0 Å². The number of pyridine rings is 2. The molecule has 23 heavy (non-hydrogen) atoms. The number of imidazole rings is 1. The molecule has 0 unspecified atom stereocenters. The minimum absolute atomic E-state index is 0.913. The lowest BCUT2D eigenvalue weighted by atomic mass is 10.1. The van der Waals surface area contributed by atoms with Gasteiger partial charge in [0.05, 0.1) is 11.4 Å². The third-order valence-electron chi connectivity index (χ3n) is 4.40. The maximum Gasteiger partial charge on any atom is 0.137 e. The van der Waals surface area contributed by atoms with Gasteiger partial charge in [-0.2, -0.15) is 0 Å². The van der Waals surface area contributed by atoms with Crippen LogP contribution in [0.1, 0.15) is 11.3 Å². The maximum atomic E-state index is 4.89. The van der Waals surface area contributed by atoms with Gasteiger partial charge in [0.2, 0.25) is 0 Å². The van der Waals surface area contributed by atoms with Gasteiger partial charge in [-0.05, 0) is 36.8 Å². The van der Waals surface area contributed by atoms with Crippen molar-refractivity contribution in [1.82, 2.24) is 24.6 Å². The van der Waals surface area contributed by atoms with Gasteiger partial charge >= 0.3 is 0 Å². The highest BCUT2D eigenvalue weighted by molar-refractivity contribution is 5.66. The van der Waals surface area contributed by atoms with E-state index in [0.717, 1.165) is 49.6 Å². The van der Waals surface area contributed by atoms with E-state index in [0.29, 0.717) is 0 Å². The first kappa shape index (κ1) is 14.4. The van der Waals surface area contributed by atoms with Crippen molar-refractivity contribution in [3.63, 3.8) is 0 Å². The van der Waals surface area contributed by atoms with E-state index in [1.54, 1.807) is 6.20 Å². The van der Waals surface area contributed by atoms with E-state index in [1.165, 1.54) is 11.3 Å². The van der Waals surface area contributed by atoms with Crippen LogP contribution in [0, 0.1) is 6.92 Å². The Balaban J connectivity index is 1.81. The van der Waals surface area contributed by atoms with Gasteiger partial charge in [-0.3, -0.25) is 9.88 Å². The van der Waals surface area contributed by atoms with Gasteiger partial charge in [-0.15, -0.1) is 0 Å². The number of nitrogens with zero attached hydrogens (tertiary/aromatic N) is 4. The van der Waals surface area contributed by atoms with Crippen LogP contribution in [-0.2, 0) is 6.54 Å². The molecule has 4 heterocycles. The smallest absolute Gasteiger partial charge is 0.137 e. The van der Waals surface area contributed by atoms with Crippen LogP contribution in [-0.4, -0.2) is 45.4 Å². The zero-order chi connectivity index (χ0) is 15.6. The zero-order valence-electron chi connectivity index (χ0n) is 13.4. The second-order valence-corrected chi connectivity index (χ2v) is 6.11. The highest BCUT2D eigenvalue weighted by atomic mass is 15.2. The summed E-state index contributed by atoms with van der Waals surface area (Å²) in [6.45, 7) is 7.28. The first-order valence-electron chi connectivity index (χ1n) is 8.12. The summed E-state index contributed by atoms with van der Waals surface area (Å²) in [5, 5.41) is 3.41. The number of nitrogens with one attached hydrogen (secondary N) is 1. The lowest BCUT2D eigenvalue weighted by molar-refractivity contribution is 0.230. The fourth-order valence-corrected chi connectivity index (χ4v) is 3.16. The molecule has 1 saturated heterocycles. The van der Waals surface area contributed by atoms with Crippen LogP contribution >= 0.6 is 0 Å². The molecule has 0 bridgehead atoms. The van der Waals surface area contributed by atoms with Gasteiger partial charge < -0.3 is 9.72 Å². The summed E-state index contributed by atoms with van der Waals surface area (Å²) in [5.74, 6) is 0. The van der Waals surface area contributed by atoms with E-state index >= 15 is 0 Å². The first-order chi connectivity index (χ1) is 11.3. The number of hydrogen-bond donors (Lipinski definition) is 1. The van der Waals surface area contributed by atoms with E-state index in [1.807, 2.05) is 12.3 Å². The molecule has 3 aromatic heterocycles. The molecule has 5 nitrogen and oxygen atoms in total. The van der Waals surface area contributed by atoms with Gasteiger partial charge in [0.15, 0.2) is 0 Å². The fraction of sp³-hybridized carbons (Fsp3) is 0.333. The lowest BCUT2D eigenvalue weighted by Crippen LogP contribution is -2.43. The Morgan fingerprint density at radius 1 is 1.22 bits per heavy atom. The standard InChI is InChI=1S/C18H21N5/c1-14-4-8-23-16(13-22-9-6-19-7-10-22)18(21-17(23)11-14)15-3-2-5-20-12-15/h2-5,8,11-12,19H,6-7,9-10,13H2,1H3. The Bertz CT molecular complexity index is 803. The SMILES string of the molecule is Cc1ccn2c(CN3CCNCC3)c(-c3cccnc3)nc2c1. The van der Waals surface area contributed by atoms with Crippen molar-refractivity contribution in [3.05, 3.63) is 54.1 Å². The van der Waals surface area contributed by atoms with E-state index in [2.05, 4.69) is 50.9 Å². The Morgan fingerprint density at radius 3 is 2.87 bits per heavy atom. The van der Waals surface area contributed by atoms with Gasteiger partial charge in [0, 0.05) is 56.9 Å². The summed E-state index contributed by atoms with van der Waals surface area (Å²) in [7, 11) is 0. The van der Waals surface area contributed by atoms with Crippen LogP contribution in [0.3, 0.4) is 0 Å². The fourth-order valence-electron chi connectivity index (χ4n) is 3.16. The molecule has 0 amide bonds. The summed E-state index contributed by atoms with van der Waals surface area (Å²) in [6, 6.07) is 8.34. The average Bonchev–Trinajstić information content (AvgIpc) is 2.94. The number of fused-ring (bicyclic) bond motifs is 1. The van der Waals surface area contributed by atoms with Crippen LogP contribution in [0.5, 0.6) is 0 Å². The molecular formula is C18H21N5. The summed E-state index contributed by atoms with van der Waals surface area (Å²) in [5.41, 5.74) is 5.61. The minimum Gasteiger partial charge on any atom is -0.314 e. The third kappa shape index (κ3) is 2.85. The van der Waals surface area contributed by atoms with Crippen molar-refractivity contribution in [2.45, 2.75) is 13.5 Å². The number of aryl methyl sites for hydroxylation is 1. The van der Waals surface area contributed by atoms with E-state index in [4.69, 9.17) is 4.98 Å². The first-order valence-corrected chi connectivity index (χ1v) is 8.12. The molecule has 1 N–H and O–H groups in total. The number of rotatable bonds is 3. The zero-order valence-corrected chi connectivity index (χ0v) is 13.4. The second kappa shape index (κ2) is 6.10. The van der Waals surface area contributed by atoms with Crippen molar-refractivity contribution in [2.24, 2.45) is 0 Å². The third-order valence-corrected chi connectivity index (χ3v) is 4.40. The van der Waals surface area contributed by atoms with Gasteiger partial charge in [0.1, 0.15) is 5.65 Å². The van der Waals surface area contributed by atoms with Gasteiger partial charge in [0.25, 0.3) is 0 Å². The molecular weight excluding hydrogens is 286 g/mol. The van der Waals surface area contributed by atoms with Crippen LogP contribution < -0.4 is 5.32 Å². The van der Waals surface area contributed by atoms with E-state index in [-0.39, 0.29) is 0 Å². The molecule has 0 spiro atoms. The van der Waals surface area contributed by atoms with Crippen molar-refractivity contribution in [3.8, 4) is 11.3 Å². The highest BCUT2D eigenvalue weighted by Gasteiger charge is 2.18. The highest BCUT2D eigenvalue weighted by Crippen LogP contribution is 2.25. The Kier molecular flexibility index (Phi) is 3.81. The topological polar surface area (TPSA) is 45.5 Å². The molecule has 0 radical (unpaired) electrons. The van der Waals surface area contributed by atoms with Crippen molar-refractivity contribution in [1.29, 1.82) is 0 Å². The van der Waals surface area contributed by atoms with Crippen molar-refractivity contribution in [2.75, 3.05) is 26.2 Å². The molecule has 1 fully saturated rings. The second-order valence-electron chi connectivity index (χ2n) is 6.11. The van der Waals surface area contributed by atoms with Crippen LogP contribution in [0.15, 0.2) is 42.9 Å². The quantitative estimate of drug-likeness (QED) is 0.805. The molecule has 0 saturated carbocycles. The Labute approximate surface area is 136 Å². The van der Waals surface area contributed by atoms with Crippen LogP contribution in [0.2, 0.25) is 0 Å². The number of aromatic nitrogens is 3. The Hall–Kier alpha value is -2.24. The molecule has 1 aliphatic heterocycles. The molecule has 118 valence electrons. The van der Waals surface area contributed by atoms with Gasteiger partial charge in [-0.25, -0.2) is 4.98 Å². The maximum absolute atomic E-state index is 4.89. The molecule has 0 aliphatic carbocycles. The number of hydrogen-bond acceptors (Lipinski definition) is 4. The Morgan fingerprint density at radius 2 is 2.09 bits per heavy atom. The summed E-state index contributed by atoms with van der Waals surface area (Å²) >= 11 is 0. The summed E-state index contributed by atoms with van der Waals surface area (Å²) < 4.78 is 2.22. The average molecular weight is 307 g/mol. The predicted molar refractivity (Wildman–Crippen MR) is 91.3 cm³/mol. The van der Waals surface area contributed by atoms with Crippen molar-refractivity contribution >= 4 is 5.65 Å². The van der Waals surface area contributed by atoms with Crippen molar-refractivity contribution < 1.29 is 0 Å². The normalized spacial score (nSPS) is 16.0. The lowest BCUT2D eigenvalue weighted by Gasteiger charge is -2.27. The molecule has 0 atom stereocenters. The number of piperazine rings is 1. The van der Waals surface area contributed by atoms with Crippen LogP contribution in [0.4, 0.5) is 0 Å². The minimum atomic E-state index is 0.913. The molecule has 5 heteroatoms. The monoisotopic (exact) mass is 307 g/mol. The van der Waals surface area contributed by atoms with Crippen LogP contribution in [0.25, 0.3) is 16.9 Å². The molecule has 4 rings (SSSR count). The predicted octanol–water partition coefficient (Wildman–Crippen LogP) is 2.11. The van der Waals surface area contributed by atoms with E-state index in [9.17, 15) is 0 Å². The molecule has 0 aromatic carbocycles. The molecule has 3 aromatic rings. The summed E-state index contributed by atoms with van der Waals surface area (Å²) in [4.78, 5) is 11.6. The van der Waals surface area contributed by atoms with E-state index < -0.39 is 0 Å². The largest absolute Gasteiger partial charge is 0.314 e. The summed E-state index contributed by atoms with van der Waals surface area (Å²) in [6.07, 6.45) is 5.84.